The molecule has 0 radical (unpaired) electrons. The normalized spacial score (nSPS) is 10.9. The third-order valence-electron chi connectivity index (χ3n) is 1.68. The second kappa shape index (κ2) is 4.21. The summed E-state index contributed by atoms with van der Waals surface area (Å²) in [6.07, 6.45) is 0. The fraction of sp³-hybridized carbons (Fsp3) is 0.364. The first-order valence-corrected chi connectivity index (χ1v) is 4.86. The van der Waals surface area contributed by atoms with Gasteiger partial charge < -0.3 is 16.4 Å². The van der Waals surface area contributed by atoms with Crippen molar-refractivity contribution >= 4 is 17.3 Å². The third-order valence-corrected chi connectivity index (χ3v) is 1.68. The lowest BCUT2D eigenvalue weighted by atomic mass is 10.1. The molecule has 15 heavy (non-hydrogen) atoms. The predicted molar refractivity (Wildman–Crippen MR) is 65.4 cm³/mol. The number of anilines is 2. The fourth-order valence-electron chi connectivity index (χ4n) is 1.23. The molecule has 0 fully saturated rings. The summed E-state index contributed by atoms with van der Waals surface area (Å²) in [5.74, 6) is -0.0495. The van der Waals surface area contributed by atoms with Crippen molar-refractivity contribution in [3.63, 3.8) is 0 Å². The molecule has 0 aliphatic heterocycles. The van der Waals surface area contributed by atoms with Crippen molar-refractivity contribution in [2.75, 3.05) is 10.6 Å². The highest BCUT2D eigenvalue weighted by Gasteiger charge is 2.08. The van der Waals surface area contributed by atoms with Crippen LogP contribution in [0, 0.1) is 5.41 Å². The van der Waals surface area contributed by atoms with E-state index in [-0.39, 0.29) is 11.5 Å². The maximum atomic E-state index is 7.08. The molecule has 0 aromatic heterocycles. The molecule has 4 heteroatoms. The van der Waals surface area contributed by atoms with Gasteiger partial charge in [-0.05, 0) is 45.0 Å². The van der Waals surface area contributed by atoms with E-state index in [9.17, 15) is 0 Å². The first-order chi connectivity index (χ1) is 6.87. The molecule has 0 atom stereocenters. The molecule has 0 spiro atoms. The van der Waals surface area contributed by atoms with Crippen LogP contribution in [-0.4, -0.2) is 11.5 Å². The summed E-state index contributed by atoms with van der Waals surface area (Å²) in [5, 5.41) is 13.2. The van der Waals surface area contributed by atoms with Crippen molar-refractivity contribution in [1.82, 2.24) is 0 Å². The van der Waals surface area contributed by atoms with Crippen LogP contribution in [0.2, 0.25) is 0 Å². The van der Waals surface area contributed by atoms with Crippen LogP contribution in [0.4, 0.5) is 11.4 Å². The maximum absolute atomic E-state index is 7.08. The van der Waals surface area contributed by atoms with E-state index in [0.29, 0.717) is 0 Å². The molecule has 0 aliphatic rings. The van der Waals surface area contributed by atoms with Crippen molar-refractivity contribution < 1.29 is 0 Å². The molecular formula is C11H18N4. The van der Waals surface area contributed by atoms with Crippen LogP contribution in [0.3, 0.4) is 0 Å². The van der Waals surface area contributed by atoms with Gasteiger partial charge in [-0.15, -0.1) is 0 Å². The summed E-state index contributed by atoms with van der Waals surface area (Å²) in [6, 6.07) is 7.68. The molecule has 82 valence electrons. The van der Waals surface area contributed by atoms with Gasteiger partial charge in [0, 0.05) is 16.9 Å². The Hall–Kier alpha value is -1.71. The Morgan fingerprint density at radius 3 is 2.00 bits per heavy atom. The Morgan fingerprint density at radius 1 is 1.13 bits per heavy atom. The Balaban J connectivity index is 2.68. The average molecular weight is 206 g/mol. The van der Waals surface area contributed by atoms with Gasteiger partial charge in [0.25, 0.3) is 0 Å². The van der Waals surface area contributed by atoms with Crippen LogP contribution in [0.1, 0.15) is 20.8 Å². The minimum absolute atomic E-state index is 0.0495. The van der Waals surface area contributed by atoms with Gasteiger partial charge in [-0.3, -0.25) is 5.41 Å². The zero-order valence-electron chi connectivity index (χ0n) is 9.39. The number of nitrogens with two attached hydrogens (primary N) is 1. The molecule has 0 bridgehead atoms. The van der Waals surface area contributed by atoms with E-state index in [1.54, 1.807) is 0 Å². The molecule has 0 unspecified atom stereocenters. The Morgan fingerprint density at radius 2 is 1.60 bits per heavy atom. The molecule has 0 amide bonds. The number of benzene rings is 1. The Kier molecular flexibility index (Phi) is 3.19. The van der Waals surface area contributed by atoms with Crippen molar-refractivity contribution in [1.29, 1.82) is 5.41 Å². The smallest absolute Gasteiger partial charge is 0.190 e. The SMILES string of the molecule is CC(C)(C)Nc1ccc(NC(=N)N)cc1. The Labute approximate surface area is 90.4 Å². The molecule has 1 aromatic carbocycles. The van der Waals surface area contributed by atoms with E-state index >= 15 is 0 Å². The first kappa shape index (κ1) is 11.4. The molecule has 1 rings (SSSR count). The number of nitrogens with one attached hydrogen (secondary N) is 3. The van der Waals surface area contributed by atoms with E-state index < -0.39 is 0 Å². The van der Waals surface area contributed by atoms with Gasteiger partial charge in [-0.2, -0.15) is 0 Å². The minimum atomic E-state index is -0.0495. The van der Waals surface area contributed by atoms with Gasteiger partial charge >= 0.3 is 0 Å². The zero-order valence-corrected chi connectivity index (χ0v) is 9.39. The molecule has 0 saturated carbocycles. The quantitative estimate of drug-likeness (QED) is 0.442. The van der Waals surface area contributed by atoms with Crippen molar-refractivity contribution in [2.45, 2.75) is 26.3 Å². The summed E-state index contributed by atoms with van der Waals surface area (Å²) < 4.78 is 0. The number of hydrogen-bond acceptors (Lipinski definition) is 2. The highest BCUT2D eigenvalue weighted by molar-refractivity contribution is 5.89. The summed E-state index contributed by atoms with van der Waals surface area (Å²) in [7, 11) is 0. The van der Waals surface area contributed by atoms with Crippen molar-refractivity contribution in [3.8, 4) is 0 Å². The number of rotatable bonds is 2. The molecule has 0 aliphatic carbocycles. The van der Waals surface area contributed by atoms with Gasteiger partial charge in [-0.1, -0.05) is 0 Å². The Bertz CT molecular complexity index is 335. The lowest BCUT2D eigenvalue weighted by Gasteiger charge is -2.22. The van der Waals surface area contributed by atoms with E-state index in [1.807, 2.05) is 24.3 Å². The van der Waals surface area contributed by atoms with Crippen molar-refractivity contribution in [3.05, 3.63) is 24.3 Å². The van der Waals surface area contributed by atoms with Crippen LogP contribution in [0.15, 0.2) is 24.3 Å². The fourth-order valence-corrected chi connectivity index (χ4v) is 1.23. The number of guanidine groups is 1. The lowest BCUT2D eigenvalue weighted by molar-refractivity contribution is 0.634. The van der Waals surface area contributed by atoms with Gasteiger partial charge in [0.1, 0.15) is 0 Å². The highest BCUT2D eigenvalue weighted by atomic mass is 15.0. The summed E-state index contributed by atoms with van der Waals surface area (Å²) in [4.78, 5) is 0. The van der Waals surface area contributed by atoms with Crippen LogP contribution < -0.4 is 16.4 Å². The molecule has 0 saturated heterocycles. The van der Waals surface area contributed by atoms with Crippen molar-refractivity contribution in [2.24, 2.45) is 5.73 Å². The van der Waals surface area contributed by atoms with Crippen LogP contribution in [0.5, 0.6) is 0 Å². The van der Waals surface area contributed by atoms with Gasteiger partial charge in [0.2, 0.25) is 0 Å². The average Bonchev–Trinajstić information content (AvgIpc) is 2.05. The van der Waals surface area contributed by atoms with Crippen LogP contribution >= 0.6 is 0 Å². The van der Waals surface area contributed by atoms with Crippen LogP contribution in [0.25, 0.3) is 0 Å². The van der Waals surface area contributed by atoms with E-state index in [0.717, 1.165) is 11.4 Å². The topological polar surface area (TPSA) is 73.9 Å². The van der Waals surface area contributed by atoms with E-state index in [4.69, 9.17) is 11.1 Å². The first-order valence-electron chi connectivity index (χ1n) is 4.86. The molecular weight excluding hydrogens is 188 g/mol. The summed E-state index contributed by atoms with van der Waals surface area (Å²) >= 11 is 0. The van der Waals surface area contributed by atoms with Gasteiger partial charge in [-0.25, -0.2) is 0 Å². The lowest BCUT2D eigenvalue weighted by Crippen LogP contribution is -2.26. The molecule has 0 heterocycles. The predicted octanol–water partition coefficient (Wildman–Crippen LogP) is 2.20. The van der Waals surface area contributed by atoms with Crippen LogP contribution in [-0.2, 0) is 0 Å². The largest absolute Gasteiger partial charge is 0.380 e. The second-order valence-corrected chi connectivity index (χ2v) is 4.49. The molecule has 1 aromatic rings. The monoisotopic (exact) mass is 206 g/mol. The van der Waals surface area contributed by atoms with E-state index in [2.05, 4.69) is 31.4 Å². The maximum Gasteiger partial charge on any atom is 0.190 e. The van der Waals surface area contributed by atoms with E-state index in [1.165, 1.54) is 0 Å². The number of hydrogen-bond donors (Lipinski definition) is 4. The zero-order chi connectivity index (χ0) is 11.5. The van der Waals surface area contributed by atoms with Gasteiger partial charge in [0.05, 0.1) is 0 Å². The second-order valence-electron chi connectivity index (χ2n) is 4.49. The molecule has 5 N–H and O–H groups in total. The molecule has 4 nitrogen and oxygen atoms in total. The van der Waals surface area contributed by atoms with Gasteiger partial charge in [0.15, 0.2) is 5.96 Å². The minimum Gasteiger partial charge on any atom is -0.380 e. The standard InChI is InChI=1S/C11H18N4/c1-11(2,3)15-9-6-4-8(5-7-9)14-10(12)13/h4-7,15H,1-3H3,(H4,12,13,14). The third kappa shape index (κ3) is 4.35. The summed E-state index contributed by atoms with van der Waals surface area (Å²) in [6.45, 7) is 6.32. The summed E-state index contributed by atoms with van der Waals surface area (Å²) in [5.41, 5.74) is 7.15. The highest BCUT2D eigenvalue weighted by Crippen LogP contribution is 2.17.